The van der Waals surface area contributed by atoms with Gasteiger partial charge in [0.25, 0.3) is 0 Å². The lowest BCUT2D eigenvalue weighted by molar-refractivity contribution is 0.101. The van der Waals surface area contributed by atoms with Gasteiger partial charge in [-0.25, -0.2) is 4.39 Å². The van der Waals surface area contributed by atoms with Crippen LogP contribution in [0.25, 0.3) is 11.1 Å². The largest absolute Gasteiger partial charge is 0.496 e. The van der Waals surface area contributed by atoms with Crippen LogP contribution in [0.3, 0.4) is 0 Å². The first-order valence-electron chi connectivity index (χ1n) is 6.40. The molecule has 0 unspecified atom stereocenters. The zero-order valence-corrected chi connectivity index (χ0v) is 12.1. The molecular formula is C17H17FO2. The number of benzene rings is 2. The molecule has 0 spiro atoms. The predicted octanol–water partition coefficient (Wildman–Crippen LogP) is 4.32. The van der Waals surface area contributed by atoms with E-state index in [-0.39, 0.29) is 11.6 Å². The van der Waals surface area contributed by atoms with Crippen LogP contribution in [-0.2, 0) is 0 Å². The second-order valence-electron chi connectivity index (χ2n) is 4.91. The molecule has 0 amide bonds. The highest BCUT2D eigenvalue weighted by Gasteiger charge is 2.15. The van der Waals surface area contributed by atoms with E-state index in [2.05, 4.69) is 0 Å². The van der Waals surface area contributed by atoms with Gasteiger partial charge < -0.3 is 4.74 Å². The third kappa shape index (κ3) is 2.57. The fourth-order valence-corrected chi connectivity index (χ4v) is 2.37. The van der Waals surface area contributed by atoms with Crippen LogP contribution in [0, 0.1) is 19.7 Å². The first-order valence-corrected chi connectivity index (χ1v) is 6.40. The highest BCUT2D eigenvalue weighted by Crippen LogP contribution is 2.36. The van der Waals surface area contributed by atoms with Crippen LogP contribution in [0.5, 0.6) is 5.75 Å². The Hall–Kier alpha value is -2.16. The topological polar surface area (TPSA) is 26.3 Å². The lowest BCUT2D eigenvalue weighted by Crippen LogP contribution is -1.98. The van der Waals surface area contributed by atoms with Gasteiger partial charge in [-0.3, -0.25) is 4.79 Å². The molecule has 2 aromatic rings. The molecular weight excluding hydrogens is 255 g/mol. The van der Waals surface area contributed by atoms with Gasteiger partial charge in [-0.2, -0.15) is 0 Å². The molecule has 0 aliphatic carbocycles. The summed E-state index contributed by atoms with van der Waals surface area (Å²) in [5.74, 6) is 0.164. The molecule has 0 radical (unpaired) electrons. The van der Waals surface area contributed by atoms with Gasteiger partial charge in [0.15, 0.2) is 5.78 Å². The van der Waals surface area contributed by atoms with Crippen LogP contribution >= 0.6 is 0 Å². The van der Waals surface area contributed by atoms with E-state index in [1.165, 1.54) is 19.1 Å². The number of carbonyl (C=O) groups excluding carboxylic acids is 1. The number of rotatable bonds is 3. The third-order valence-corrected chi connectivity index (χ3v) is 3.31. The summed E-state index contributed by atoms with van der Waals surface area (Å²) in [6.45, 7) is 5.34. The quantitative estimate of drug-likeness (QED) is 0.778. The van der Waals surface area contributed by atoms with E-state index in [1.54, 1.807) is 13.2 Å². The maximum Gasteiger partial charge on any atom is 0.159 e. The van der Waals surface area contributed by atoms with Crippen molar-refractivity contribution < 1.29 is 13.9 Å². The summed E-state index contributed by atoms with van der Waals surface area (Å²) in [6.07, 6.45) is 0. The molecule has 0 fully saturated rings. The molecule has 20 heavy (non-hydrogen) atoms. The average molecular weight is 272 g/mol. The van der Waals surface area contributed by atoms with Crippen molar-refractivity contribution in [3.05, 3.63) is 52.8 Å². The minimum absolute atomic E-state index is 0.0880. The standard InChI is InChI=1S/C17H17FO2/c1-10-7-11(2)17(16(8-10)20-4)14-9-13(12(3)19)5-6-15(14)18/h5-9H,1-4H3. The summed E-state index contributed by atoms with van der Waals surface area (Å²) in [7, 11) is 1.56. The van der Waals surface area contributed by atoms with E-state index >= 15 is 0 Å². The van der Waals surface area contributed by atoms with E-state index in [9.17, 15) is 9.18 Å². The first-order chi connectivity index (χ1) is 9.43. The smallest absolute Gasteiger partial charge is 0.159 e. The SMILES string of the molecule is COc1cc(C)cc(C)c1-c1cc(C(C)=O)ccc1F. The average Bonchev–Trinajstić information content (AvgIpc) is 2.38. The maximum atomic E-state index is 14.1. The summed E-state index contributed by atoms with van der Waals surface area (Å²) in [5, 5.41) is 0. The molecule has 3 heteroatoms. The second-order valence-corrected chi connectivity index (χ2v) is 4.91. The number of hydrogen-bond acceptors (Lipinski definition) is 2. The van der Waals surface area contributed by atoms with Crippen LogP contribution in [0.2, 0.25) is 0 Å². The normalized spacial score (nSPS) is 10.4. The van der Waals surface area contributed by atoms with Crippen LogP contribution in [-0.4, -0.2) is 12.9 Å². The number of hydrogen-bond donors (Lipinski definition) is 0. The van der Waals surface area contributed by atoms with Gasteiger partial charge in [0.2, 0.25) is 0 Å². The van der Waals surface area contributed by atoms with E-state index < -0.39 is 0 Å². The summed E-state index contributed by atoms with van der Waals surface area (Å²) in [5.41, 5.74) is 3.54. The zero-order chi connectivity index (χ0) is 14.9. The van der Waals surface area contributed by atoms with E-state index in [0.717, 1.165) is 11.1 Å². The minimum atomic E-state index is -0.361. The number of ether oxygens (including phenoxy) is 1. The van der Waals surface area contributed by atoms with Crippen molar-refractivity contribution >= 4 is 5.78 Å². The van der Waals surface area contributed by atoms with Crippen LogP contribution in [0.4, 0.5) is 4.39 Å². The number of halogens is 1. The van der Waals surface area contributed by atoms with Crippen molar-refractivity contribution in [3.8, 4) is 16.9 Å². The number of Topliss-reactive ketones (excluding diaryl/α,β-unsaturated/α-hetero) is 1. The van der Waals surface area contributed by atoms with E-state index in [4.69, 9.17) is 4.74 Å². The van der Waals surface area contributed by atoms with Crippen molar-refractivity contribution in [1.82, 2.24) is 0 Å². The molecule has 0 N–H and O–H groups in total. The number of carbonyl (C=O) groups is 1. The molecule has 2 nitrogen and oxygen atoms in total. The molecule has 2 aromatic carbocycles. The molecule has 0 aliphatic heterocycles. The minimum Gasteiger partial charge on any atom is -0.496 e. The van der Waals surface area contributed by atoms with Gasteiger partial charge in [0.1, 0.15) is 11.6 Å². The predicted molar refractivity (Wildman–Crippen MR) is 77.9 cm³/mol. The third-order valence-electron chi connectivity index (χ3n) is 3.31. The van der Waals surface area contributed by atoms with Crippen molar-refractivity contribution in [1.29, 1.82) is 0 Å². The summed E-state index contributed by atoms with van der Waals surface area (Å²) < 4.78 is 19.5. The first kappa shape index (κ1) is 14.3. The van der Waals surface area contributed by atoms with Gasteiger partial charge in [-0.1, -0.05) is 6.07 Å². The van der Waals surface area contributed by atoms with Gasteiger partial charge in [0.05, 0.1) is 7.11 Å². The molecule has 0 bridgehead atoms. The maximum absolute atomic E-state index is 14.1. The lowest BCUT2D eigenvalue weighted by Gasteiger charge is -2.14. The summed E-state index contributed by atoms with van der Waals surface area (Å²) in [4.78, 5) is 11.5. The molecule has 0 aromatic heterocycles. The molecule has 2 rings (SSSR count). The fourth-order valence-electron chi connectivity index (χ4n) is 2.37. The lowest BCUT2D eigenvalue weighted by atomic mass is 9.95. The molecule has 0 saturated carbocycles. The molecule has 0 saturated heterocycles. The highest BCUT2D eigenvalue weighted by atomic mass is 19.1. The Labute approximate surface area is 118 Å². The summed E-state index contributed by atoms with van der Waals surface area (Å²) >= 11 is 0. The van der Waals surface area contributed by atoms with Crippen LogP contribution < -0.4 is 4.74 Å². The van der Waals surface area contributed by atoms with E-state index in [1.807, 2.05) is 26.0 Å². The second kappa shape index (κ2) is 5.45. The summed E-state index contributed by atoms with van der Waals surface area (Å²) in [6, 6.07) is 8.24. The fraction of sp³-hybridized carbons (Fsp3) is 0.235. The Balaban J connectivity index is 2.73. The Morgan fingerprint density at radius 1 is 1.15 bits per heavy atom. The van der Waals surface area contributed by atoms with Crippen molar-refractivity contribution in [2.24, 2.45) is 0 Å². The molecule has 0 heterocycles. The Morgan fingerprint density at radius 2 is 1.85 bits per heavy atom. The number of ketones is 1. The van der Waals surface area contributed by atoms with Gasteiger partial charge in [0, 0.05) is 16.7 Å². The van der Waals surface area contributed by atoms with Crippen molar-refractivity contribution in [2.45, 2.75) is 20.8 Å². The van der Waals surface area contributed by atoms with E-state index in [0.29, 0.717) is 22.4 Å². The number of methoxy groups -OCH3 is 1. The number of aryl methyl sites for hydroxylation is 2. The van der Waals surface area contributed by atoms with Crippen LogP contribution in [0.15, 0.2) is 30.3 Å². The monoisotopic (exact) mass is 272 g/mol. The zero-order valence-electron chi connectivity index (χ0n) is 12.1. The molecule has 0 atom stereocenters. The van der Waals surface area contributed by atoms with Crippen molar-refractivity contribution in [3.63, 3.8) is 0 Å². The Bertz CT molecular complexity index is 675. The van der Waals surface area contributed by atoms with Crippen molar-refractivity contribution in [2.75, 3.05) is 7.11 Å². The van der Waals surface area contributed by atoms with Crippen LogP contribution in [0.1, 0.15) is 28.4 Å². The molecule has 104 valence electrons. The molecule has 0 aliphatic rings. The highest BCUT2D eigenvalue weighted by molar-refractivity contribution is 5.95. The van der Waals surface area contributed by atoms with Gasteiger partial charge >= 0.3 is 0 Å². The Kier molecular flexibility index (Phi) is 3.89. The Morgan fingerprint density at radius 3 is 2.45 bits per heavy atom. The van der Waals surface area contributed by atoms with Gasteiger partial charge in [-0.05, 0) is 56.2 Å². The van der Waals surface area contributed by atoms with Gasteiger partial charge in [-0.15, -0.1) is 0 Å².